The molecule has 3 saturated heterocycles. The van der Waals surface area contributed by atoms with Gasteiger partial charge in [-0.25, -0.2) is 0 Å². The molecule has 3 nitrogen and oxygen atoms in total. The van der Waals surface area contributed by atoms with Crippen molar-refractivity contribution in [2.45, 2.75) is 18.9 Å². The first-order valence-corrected chi connectivity index (χ1v) is 8.86. The molecule has 0 saturated carbocycles. The van der Waals surface area contributed by atoms with Gasteiger partial charge in [-0.15, -0.1) is 0 Å². The number of benzene rings is 2. The van der Waals surface area contributed by atoms with Crippen LogP contribution in [0.1, 0.15) is 28.8 Å². The molecular weight excluding hydrogens is 322 g/mol. The van der Waals surface area contributed by atoms with E-state index in [4.69, 9.17) is 16.3 Å². The van der Waals surface area contributed by atoms with Gasteiger partial charge in [-0.2, -0.15) is 0 Å². The van der Waals surface area contributed by atoms with Gasteiger partial charge in [0.1, 0.15) is 11.9 Å². The number of rotatable bonds is 4. The SMILES string of the molecule is O=C(c1ccc(Cl)cc1)c1ccc(O[C@@H]2CN3CCC2CC3)cc1. The Kier molecular flexibility index (Phi) is 4.30. The van der Waals surface area contributed by atoms with Crippen LogP contribution in [0, 0.1) is 5.92 Å². The number of ether oxygens (including phenoxy) is 1. The first-order chi connectivity index (χ1) is 11.7. The second-order valence-corrected chi connectivity index (χ2v) is 7.09. The Morgan fingerprint density at radius 1 is 0.958 bits per heavy atom. The Balaban J connectivity index is 1.44. The molecule has 5 rings (SSSR count). The van der Waals surface area contributed by atoms with Crippen LogP contribution in [0.4, 0.5) is 0 Å². The Labute approximate surface area is 147 Å². The summed E-state index contributed by atoms with van der Waals surface area (Å²) in [6.07, 6.45) is 2.75. The van der Waals surface area contributed by atoms with Crippen LogP contribution in [0.3, 0.4) is 0 Å². The predicted octanol–water partition coefficient (Wildman–Crippen LogP) is 4.04. The molecule has 3 aliphatic rings. The summed E-state index contributed by atoms with van der Waals surface area (Å²) in [6, 6.07) is 14.5. The van der Waals surface area contributed by atoms with Crippen LogP contribution in [0.2, 0.25) is 5.02 Å². The zero-order chi connectivity index (χ0) is 16.5. The summed E-state index contributed by atoms with van der Waals surface area (Å²) in [6.45, 7) is 3.44. The maximum Gasteiger partial charge on any atom is 0.193 e. The number of piperidine rings is 3. The average molecular weight is 342 g/mol. The summed E-state index contributed by atoms with van der Waals surface area (Å²) in [5, 5.41) is 0.632. The van der Waals surface area contributed by atoms with Crippen molar-refractivity contribution < 1.29 is 9.53 Å². The number of hydrogen-bond acceptors (Lipinski definition) is 3. The second kappa shape index (κ2) is 6.58. The van der Waals surface area contributed by atoms with Crippen LogP contribution in [-0.4, -0.2) is 36.4 Å². The Morgan fingerprint density at radius 2 is 1.54 bits per heavy atom. The van der Waals surface area contributed by atoms with Crippen molar-refractivity contribution in [1.82, 2.24) is 4.90 Å². The van der Waals surface area contributed by atoms with Gasteiger partial charge in [-0.1, -0.05) is 11.6 Å². The topological polar surface area (TPSA) is 29.5 Å². The number of hydrogen-bond donors (Lipinski definition) is 0. The molecule has 1 atom stereocenters. The lowest BCUT2D eigenvalue weighted by atomic mass is 9.86. The van der Waals surface area contributed by atoms with E-state index in [0.717, 1.165) is 12.3 Å². The minimum atomic E-state index is 0.000973. The summed E-state index contributed by atoms with van der Waals surface area (Å²) in [4.78, 5) is 14.9. The number of carbonyl (C=O) groups is 1. The molecule has 124 valence electrons. The highest BCUT2D eigenvalue weighted by molar-refractivity contribution is 6.30. The molecule has 3 heterocycles. The predicted molar refractivity (Wildman–Crippen MR) is 94.9 cm³/mol. The van der Waals surface area contributed by atoms with Crippen molar-refractivity contribution in [3.8, 4) is 5.75 Å². The van der Waals surface area contributed by atoms with Gasteiger partial charge in [0.2, 0.25) is 0 Å². The quantitative estimate of drug-likeness (QED) is 0.786. The summed E-state index contributed by atoms with van der Waals surface area (Å²) in [5.41, 5.74) is 1.31. The maximum absolute atomic E-state index is 12.5. The molecule has 0 N–H and O–H groups in total. The van der Waals surface area contributed by atoms with Crippen molar-refractivity contribution in [3.05, 3.63) is 64.7 Å². The lowest BCUT2D eigenvalue weighted by molar-refractivity contribution is -0.00776. The molecule has 0 amide bonds. The summed E-state index contributed by atoms with van der Waals surface area (Å²) in [7, 11) is 0. The van der Waals surface area contributed by atoms with Gasteiger partial charge < -0.3 is 4.74 Å². The molecular formula is C20H20ClNO2. The molecule has 0 spiro atoms. The first-order valence-electron chi connectivity index (χ1n) is 8.48. The third-order valence-corrected chi connectivity index (χ3v) is 5.36. The number of fused-ring (bicyclic) bond motifs is 3. The molecule has 2 aromatic carbocycles. The van der Waals surface area contributed by atoms with Gasteiger partial charge in [0, 0.05) is 22.7 Å². The third kappa shape index (κ3) is 3.19. The number of halogens is 1. The first kappa shape index (κ1) is 15.7. The molecule has 0 radical (unpaired) electrons. The van der Waals surface area contributed by atoms with Crippen LogP contribution < -0.4 is 4.74 Å². The summed E-state index contributed by atoms with van der Waals surface area (Å²) < 4.78 is 6.17. The molecule has 3 aliphatic heterocycles. The smallest absolute Gasteiger partial charge is 0.193 e. The molecule has 24 heavy (non-hydrogen) atoms. The molecule has 2 bridgehead atoms. The van der Waals surface area contributed by atoms with Crippen LogP contribution in [0.15, 0.2) is 48.5 Å². The van der Waals surface area contributed by atoms with Crippen LogP contribution >= 0.6 is 11.6 Å². The Hall–Kier alpha value is -1.84. The van der Waals surface area contributed by atoms with Crippen molar-refractivity contribution >= 4 is 17.4 Å². The highest BCUT2D eigenvalue weighted by Crippen LogP contribution is 2.30. The minimum absolute atomic E-state index is 0.000973. The van der Waals surface area contributed by atoms with E-state index in [1.165, 1.54) is 25.9 Å². The second-order valence-electron chi connectivity index (χ2n) is 6.65. The van der Waals surface area contributed by atoms with Crippen molar-refractivity contribution in [1.29, 1.82) is 0 Å². The fraction of sp³-hybridized carbons (Fsp3) is 0.350. The molecule has 3 fully saturated rings. The van der Waals surface area contributed by atoms with Crippen LogP contribution in [0.25, 0.3) is 0 Å². The van der Waals surface area contributed by atoms with Crippen LogP contribution in [0.5, 0.6) is 5.75 Å². The highest BCUT2D eigenvalue weighted by Gasteiger charge is 2.35. The number of nitrogens with zero attached hydrogens (tertiary/aromatic N) is 1. The molecule has 0 unspecified atom stereocenters. The maximum atomic E-state index is 12.5. The molecule has 0 aromatic heterocycles. The lowest BCUT2D eigenvalue weighted by Gasteiger charge is -2.44. The van der Waals surface area contributed by atoms with Gasteiger partial charge in [0.15, 0.2) is 5.78 Å². The zero-order valence-corrected chi connectivity index (χ0v) is 14.2. The van der Waals surface area contributed by atoms with Crippen molar-refractivity contribution in [3.63, 3.8) is 0 Å². The third-order valence-electron chi connectivity index (χ3n) is 5.11. The Bertz CT molecular complexity index is 718. The van der Waals surface area contributed by atoms with Crippen molar-refractivity contribution in [2.24, 2.45) is 5.92 Å². The fourth-order valence-corrected chi connectivity index (χ4v) is 3.80. The monoisotopic (exact) mass is 341 g/mol. The van der Waals surface area contributed by atoms with E-state index in [1.54, 1.807) is 24.3 Å². The van der Waals surface area contributed by atoms with E-state index in [2.05, 4.69) is 4.90 Å². The van der Waals surface area contributed by atoms with Gasteiger partial charge >= 0.3 is 0 Å². The summed E-state index contributed by atoms with van der Waals surface area (Å²) >= 11 is 5.87. The van der Waals surface area contributed by atoms with Gasteiger partial charge in [-0.05, 0) is 80.4 Å². The zero-order valence-electron chi connectivity index (χ0n) is 13.5. The van der Waals surface area contributed by atoms with Gasteiger partial charge in [0.05, 0.1) is 0 Å². The lowest BCUT2D eigenvalue weighted by Crippen LogP contribution is -2.52. The number of carbonyl (C=O) groups excluding carboxylic acids is 1. The minimum Gasteiger partial charge on any atom is -0.489 e. The van der Waals surface area contributed by atoms with Gasteiger partial charge in [-0.3, -0.25) is 9.69 Å². The molecule has 0 aliphatic carbocycles. The normalized spacial score (nSPS) is 25.5. The van der Waals surface area contributed by atoms with E-state index in [9.17, 15) is 4.79 Å². The largest absolute Gasteiger partial charge is 0.489 e. The summed E-state index contributed by atoms with van der Waals surface area (Å²) in [5.74, 6) is 1.52. The van der Waals surface area contributed by atoms with Crippen LogP contribution in [-0.2, 0) is 0 Å². The highest BCUT2D eigenvalue weighted by atomic mass is 35.5. The standard InChI is InChI=1S/C20H20ClNO2/c21-17-5-1-15(2-6-17)20(23)16-3-7-18(8-4-16)24-19-13-22-11-9-14(19)10-12-22/h1-8,14,19H,9-13H2/t19-/m1/s1. The van der Waals surface area contributed by atoms with Crippen molar-refractivity contribution in [2.75, 3.05) is 19.6 Å². The van der Waals surface area contributed by atoms with E-state index in [0.29, 0.717) is 22.1 Å². The molecule has 2 aromatic rings. The van der Waals surface area contributed by atoms with E-state index < -0.39 is 0 Å². The van der Waals surface area contributed by atoms with E-state index in [-0.39, 0.29) is 11.9 Å². The average Bonchev–Trinajstić information content (AvgIpc) is 2.63. The Morgan fingerprint density at radius 3 is 2.08 bits per heavy atom. The van der Waals surface area contributed by atoms with E-state index >= 15 is 0 Å². The molecule has 4 heteroatoms. The fourth-order valence-electron chi connectivity index (χ4n) is 3.67. The van der Waals surface area contributed by atoms with E-state index in [1.807, 2.05) is 24.3 Å². The number of ketones is 1. The van der Waals surface area contributed by atoms with Gasteiger partial charge in [0.25, 0.3) is 0 Å².